The molecule has 0 spiro atoms. The van der Waals surface area contributed by atoms with Crippen LogP contribution in [0.15, 0.2) is 42.7 Å². The van der Waals surface area contributed by atoms with Crippen LogP contribution in [0.4, 0.5) is 0 Å². The number of hydrogen-bond acceptors (Lipinski definition) is 5. The van der Waals surface area contributed by atoms with Crippen molar-refractivity contribution in [2.45, 2.75) is 13.0 Å². The summed E-state index contributed by atoms with van der Waals surface area (Å²) in [6, 6.07) is 9.27. The summed E-state index contributed by atoms with van der Waals surface area (Å²) in [5, 5.41) is 11.5. The number of hydrogen-bond donors (Lipinski definition) is 1. The van der Waals surface area contributed by atoms with Crippen LogP contribution >= 0.6 is 0 Å². The third-order valence-electron chi connectivity index (χ3n) is 5.51. The van der Waals surface area contributed by atoms with Gasteiger partial charge in [0.1, 0.15) is 0 Å². The van der Waals surface area contributed by atoms with E-state index < -0.39 is 0 Å². The Morgan fingerprint density at radius 3 is 2.74 bits per heavy atom. The van der Waals surface area contributed by atoms with Crippen LogP contribution in [0.1, 0.15) is 32.1 Å². The fraction of sp³-hybridized carbons (Fsp3) is 0.364. The number of nitrogens with one attached hydrogen (secondary N) is 1. The Morgan fingerprint density at radius 2 is 2.00 bits per heavy atom. The van der Waals surface area contributed by atoms with Gasteiger partial charge in [-0.25, -0.2) is 4.68 Å². The van der Waals surface area contributed by atoms with E-state index >= 15 is 0 Å². The minimum atomic E-state index is -0.0916. The number of H-pyrrole nitrogens is 1. The Hall–Kier alpha value is -3.46. The molecule has 3 aromatic rings. The first kappa shape index (κ1) is 20.8. The van der Waals surface area contributed by atoms with Crippen molar-refractivity contribution in [2.75, 3.05) is 40.8 Å². The highest BCUT2D eigenvalue weighted by molar-refractivity contribution is 5.96. The summed E-state index contributed by atoms with van der Waals surface area (Å²) in [4.78, 5) is 31.4. The molecular formula is C22H27N7O2. The van der Waals surface area contributed by atoms with Crippen molar-refractivity contribution in [1.29, 1.82) is 0 Å². The topological polar surface area (TPSA) is 90.4 Å². The second-order valence-corrected chi connectivity index (χ2v) is 8.04. The van der Waals surface area contributed by atoms with Crippen LogP contribution < -0.4 is 0 Å². The molecule has 0 atom stereocenters. The highest BCUT2D eigenvalue weighted by Crippen LogP contribution is 2.23. The summed E-state index contributed by atoms with van der Waals surface area (Å²) in [7, 11) is 5.74. The van der Waals surface area contributed by atoms with Gasteiger partial charge in [0.15, 0.2) is 5.69 Å². The number of nitrogens with zero attached hydrogens (tertiary/aromatic N) is 6. The van der Waals surface area contributed by atoms with Crippen molar-refractivity contribution >= 4 is 11.8 Å². The van der Waals surface area contributed by atoms with Crippen molar-refractivity contribution in [2.24, 2.45) is 0 Å². The molecule has 4 rings (SSSR count). The van der Waals surface area contributed by atoms with Gasteiger partial charge in [0.05, 0.1) is 17.9 Å². The summed E-state index contributed by atoms with van der Waals surface area (Å²) in [6.07, 6.45) is 4.14. The molecule has 2 amide bonds. The molecular weight excluding hydrogens is 394 g/mol. The number of aromatic nitrogens is 4. The first-order valence-corrected chi connectivity index (χ1v) is 10.3. The van der Waals surface area contributed by atoms with Crippen LogP contribution in [0, 0.1) is 0 Å². The van der Waals surface area contributed by atoms with Gasteiger partial charge in [-0.2, -0.15) is 10.2 Å². The van der Waals surface area contributed by atoms with Gasteiger partial charge in [0.2, 0.25) is 0 Å². The van der Waals surface area contributed by atoms with Crippen LogP contribution in [0.25, 0.3) is 5.69 Å². The normalized spacial score (nSPS) is 13.4. The highest BCUT2D eigenvalue weighted by Gasteiger charge is 2.29. The Morgan fingerprint density at radius 1 is 1.16 bits per heavy atom. The Kier molecular flexibility index (Phi) is 5.85. The molecule has 9 nitrogen and oxygen atoms in total. The number of amides is 2. The minimum absolute atomic E-state index is 0.0507. The smallest absolute Gasteiger partial charge is 0.274 e. The molecule has 162 valence electrons. The van der Waals surface area contributed by atoms with Crippen LogP contribution in [-0.2, 0) is 13.0 Å². The fourth-order valence-electron chi connectivity index (χ4n) is 3.69. The highest BCUT2D eigenvalue weighted by atomic mass is 16.2. The van der Waals surface area contributed by atoms with Crippen molar-refractivity contribution in [3.8, 4) is 5.69 Å². The molecule has 1 aliphatic heterocycles. The molecule has 0 radical (unpaired) electrons. The Balaban J connectivity index is 1.47. The molecule has 0 aliphatic carbocycles. The van der Waals surface area contributed by atoms with Gasteiger partial charge in [-0.05, 0) is 44.8 Å². The molecule has 31 heavy (non-hydrogen) atoms. The molecule has 1 N–H and O–H groups in total. The second-order valence-electron chi connectivity index (χ2n) is 8.04. The lowest BCUT2D eigenvalue weighted by molar-refractivity contribution is 0.0732. The SMILES string of the molecule is CN(C)CCN(C)C(=O)c1n[nH]c2c1CCN(C(=O)c1cccc(-n3cccn3)c1)C2. The summed E-state index contributed by atoms with van der Waals surface area (Å²) in [5.41, 5.74) is 3.65. The van der Waals surface area contributed by atoms with E-state index in [-0.39, 0.29) is 11.8 Å². The van der Waals surface area contributed by atoms with E-state index in [0.717, 1.165) is 23.5 Å². The zero-order chi connectivity index (χ0) is 22.0. The minimum Gasteiger partial charge on any atom is -0.339 e. The Labute approximate surface area is 181 Å². The summed E-state index contributed by atoms with van der Waals surface area (Å²) >= 11 is 0. The van der Waals surface area contributed by atoms with E-state index in [2.05, 4.69) is 15.3 Å². The van der Waals surface area contributed by atoms with Gasteiger partial charge in [-0.3, -0.25) is 14.7 Å². The van der Waals surface area contributed by atoms with Crippen molar-refractivity contribution in [1.82, 2.24) is 34.7 Å². The lowest BCUT2D eigenvalue weighted by Crippen LogP contribution is -2.37. The molecule has 2 aromatic heterocycles. The van der Waals surface area contributed by atoms with Crippen LogP contribution in [0.3, 0.4) is 0 Å². The quantitative estimate of drug-likeness (QED) is 0.650. The molecule has 0 saturated heterocycles. The molecule has 0 fully saturated rings. The van der Waals surface area contributed by atoms with Gasteiger partial charge in [0.25, 0.3) is 11.8 Å². The number of carbonyl (C=O) groups is 2. The number of fused-ring (bicyclic) bond motifs is 1. The number of rotatable bonds is 6. The van der Waals surface area contributed by atoms with E-state index in [1.54, 1.807) is 27.7 Å². The van der Waals surface area contributed by atoms with E-state index in [1.165, 1.54) is 0 Å². The van der Waals surface area contributed by atoms with Crippen molar-refractivity contribution in [3.63, 3.8) is 0 Å². The monoisotopic (exact) mass is 421 g/mol. The van der Waals surface area contributed by atoms with E-state index in [1.807, 2.05) is 55.5 Å². The summed E-state index contributed by atoms with van der Waals surface area (Å²) < 4.78 is 1.73. The number of likely N-dealkylation sites (N-methyl/N-ethyl adjacent to an activating group) is 2. The Bertz CT molecular complexity index is 1070. The van der Waals surface area contributed by atoms with Gasteiger partial charge >= 0.3 is 0 Å². The number of carbonyl (C=O) groups excluding carboxylic acids is 2. The van der Waals surface area contributed by atoms with Crippen molar-refractivity contribution in [3.05, 3.63) is 65.2 Å². The average molecular weight is 422 g/mol. The molecule has 1 aromatic carbocycles. The first-order valence-electron chi connectivity index (χ1n) is 10.3. The lowest BCUT2D eigenvalue weighted by Gasteiger charge is -2.27. The van der Waals surface area contributed by atoms with Crippen LogP contribution in [0.5, 0.6) is 0 Å². The maximum Gasteiger partial charge on any atom is 0.274 e. The molecule has 9 heteroatoms. The summed E-state index contributed by atoms with van der Waals surface area (Å²) in [5.74, 6) is -0.142. The molecule has 1 aliphatic rings. The van der Waals surface area contributed by atoms with E-state index in [0.29, 0.717) is 37.3 Å². The van der Waals surface area contributed by atoms with E-state index in [9.17, 15) is 9.59 Å². The van der Waals surface area contributed by atoms with Gasteiger partial charge in [0, 0.05) is 50.2 Å². The molecule has 0 unspecified atom stereocenters. The van der Waals surface area contributed by atoms with Crippen LogP contribution in [0.2, 0.25) is 0 Å². The van der Waals surface area contributed by atoms with Crippen LogP contribution in [-0.4, -0.2) is 87.3 Å². The van der Waals surface area contributed by atoms with Gasteiger partial charge in [-0.15, -0.1) is 0 Å². The van der Waals surface area contributed by atoms with Crippen molar-refractivity contribution < 1.29 is 9.59 Å². The predicted molar refractivity (Wildman–Crippen MR) is 116 cm³/mol. The lowest BCUT2D eigenvalue weighted by atomic mass is 10.0. The first-order chi connectivity index (χ1) is 14.9. The van der Waals surface area contributed by atoms with Gasteiger partial charge < -0.3 is 14.7 Å². The predicted octanol–water partition coefficient (Wildman–Crippen LogP) is 1.43. The fourth-order valence-corrected chi connectivity index (χ4v) is 3.69. The van der Waals surface area contributed by atoms with Gasteiger partial charge in [-0.1, -0.05) is 6.07 Å². The number of aromatic amines is 1. The third kappa shape index (κ3) is 4.36. The second kappa shape index (κ2) is 8.73. The zero-order valence-electron chi connectivity index (χ0n) is 18.1. The molecule has 3 heterocycles. The average Bonchev–Trinajstić information content (AvgIpc) is 3.46. The molecule has 0 bridgehead atoms. The maximum absolute atomic E-state index is 13.1. The summed E-state index contributed by atoms with van der Waals surface area (Å²) in [6.45, 7) is 2.36. The third-order valence-corrected chi connectivity index (χ3v) is 5.51. The van der Waals surface area contributed by atoms with E-state index in [4.69, 9.17) is 0 Å². The standard InChI is InChI=1S/C22H27N7O2/c1-26(2)12-13-27(3)22(31)20-18-8-11-28(15-19(18)24-25-20)21(30)16-6-4-7-17(14-16)29-10-5-9-23-29/h4-7,9-10,14H,8,11-13,15H2,1-3H3,(H,24,25). The number of benzene rings is 1. The largest absolute Gasteiger partial charge is 0.339 e. The molecule has 0 saturated carbocycles. The maximum atomic E-state index is 13.1. The zero-order valence-corrected chi connectivity index (χ0v) is 18.1.